The number of hydrogen-bond donors (Lipinski definition) is 1. The van der Waals surface area contributed by atoms with E-state index in [2.05, 4.69) is 43.5 Å². The zero-order valence-electron chi connectivity index (χ0n) is 19.5. The molecule has 1 aliphatic rings. The Morgan fingerprint density at radius 2 is 1.84 bits per heavy atom. The van der Waals surface area contributed by atoms with Gasteiger partial charge in [-0.2, -0.15) is 0 Å². The standard InChI is InChI=1S/C25H41NO5/c1-4-6-8-10-11-12-13-14-16-21(30-24(28)20(3)26-19-27)18-23-22(25(29)31-23)17-15-9-7-5-2/h8,10,12-13,19-23H,4-7,9,11,14-18H2,1-3H3,(H,26,27)/b10-8+,13-12+/t20-,21?,22?,23?/m0/s1. The lowest BCUT2D eigenvalue weighted by atomic mass is 9.86. The van der Waals surface area contributed by atoms with Gasteiger partial charge in [0.05, 0.1) is 5.92 Å². The SMILES string of the molecule is CCC/C=C/C/C=C/CCC(CC1OC(=O)C1CCCCCC)OC(=O)[C@H](C)NC=O. The van der Waals surface area contributed by atoms with Crippen molar-refractivity contribution in [3.63, 3.8) is 0 Å². The van der Waals surface area contributed by atoms with Gasteiger partial charge in [0.1, 0.15) is 18.2 Å². The van der Waals surface area contributed by atoms with Crippen LogP contribution in [0.3, 0.4) is 0 Å². The fourth-order valence-electron chi connectivity index (χ4n) is 3.58. The first-order valence-corrected chi connectivity index (χ1v) is 11.9. The van der Waals surface area contributed by atoms with Gasteiger partial charge in [0.2, 0.25) is 6.41 Å². The van der Waals surface area contributed by atoms with Crippen molar-refractivity contribution >= 4 is 18.3 Å². The summed E-state index contributed by atoms with van der Waals surface area (Å²) in [7, 11) is 0. The molecule has 6 nitrogen and oxygen atoms in total. The molecule has 1 aliphatic heterocycles. The van der Waals surface area contributed by atoms with Crippen LogP contribution in [0.5, 0.6) is 0 Å². The molecule has 0 aromatic rings. The molecule has 1 saturated heterocycles. The third-order valence-corrected chi connectivity index (χ3v) is 5.55. The molecule has 0 aromatic heterocycles. The smallest absolute Gasteiger partial charge is 0.328 e. The van der Waals surface area contributed by atoms with E-state index in [9.17, 15) is 14.4 Å². The summed E-state index contributed by atoms with van der Waals surface area (Å²) in [6.07, 6.45) is 18.9. The van der Waals surface area contributed by atoms with Crippen LogP contribution in [0.2, 0.25) is 0 Å². The quantitative estimate of drug-likeness (QED) is 0.141. The van der Waals surface area contributed by atoms with Crippen LogP contribution in [-0.2, 0) is 23.9 Å². The Kier molecular flexibility index (Phi) is 14.4. The lowest BCUT2D eigenvalue weighted by molar-refractivity contribution is -0.190. The van der Waals surface area contributed by atoms with Gasteiger partial charge in [-0.25, -0.2) is 4.79 Å². The molecule has 0 aromatic carbocycles. The molecule has 0 radical (unpaired) electrons. The van der Waals surface area contributed by atoms with Gasteiger partial charge in [0.25, 0.3) is 0 Å². The summed E-state index contributed by atoms with van der Waals surface area (Å²) in [5.41, 5.74) is 0. The van der Waals surface area contributed by atoms with Crippen LogP contribution in [-0.4, -0.2) is 36.6 Å². The highest BCUT2D eigenvalue weighted by Crippen LogP contribution is 2.32. The van der Waals surface area contributed by atoms with Gasteiger partial charge in [0.15, 0.2) is 0 Å². The minimum Gasteiger partial charge on any atom is -0.461 e. The first-order valence-electron chi connectivity index (χ1n) is 11.9. The van der Waals surface area contributed by atoms with E-state index in [0.717, 1.165) is 51.4 Å². The van der Waals surface area contributed by atoms with E-state index in [-0.39, 0.29) is 24.1 Å². The van der Waals surface area contributed by atoms with Crippen molar-refractivity contribution in [1.82, 2.24) is 5.32 Å². The van der Waals surface area contributed by atoms with Gasteiger partial charge in [0, 0.05) is 6.42 Å². The van der Waals surface area contributed by atoms with Gasteiger partial charge in [-0.3, -0.25) is 9.59 Å². The van der Waals surface area contributed by atoms with E-state index < -0.39 is 12.0 Å². The topological polar surface area (TPSA) is 81.7 Å². The molecule has 1 fully saturated rings. The molecule has 6 heteroatoms. The fraction of sp³-hybridized carbons (Fsp3) is 0.720. The first kappa shape index (κ1) is 26.9. The van der Waals surface area contributed by atoms with E-state index in [0.29, 0.717) is 19.3 Å². The second-order valence-electron chi connectivity index (χ2n) is 8.28. The van der Waals surface area contributed by atoms with E-state index in [1.54, 1.807) is 6.92 Å². The maximum absolute atomic E-state index is 12.3. The third-order valence-electron chi connectivity index (χ3n) is 5.55. The van der Waals surface area contributed by atoms with Crippen molar-refractivity contribution in [3.8, 4) is 0 Å². The van der Waals surface area contributed by atoms with E-state index in [1.165, 1.54) is 6.42 Å². The summed E-state index contributed by atoms with van der Waals surface area (Å²) >= 11 is 0. The van der Waals surface area contributed by atoms with Crippen molar-refractivity contribution in [3.05, 3.63) is 24.3 Å². The number of carbonyl (C=O) groups is 3. The summed E-state index contributed by atoms with van der Waals surface area (Å²) in [6, 6.07) is -0.701. The molecule has 1 heterocycles. The van der Waals surface area contributed by atoms with Crippen molar-refractivity contribution < 1.29 is 23.9 Å². The summed E-state index contributed by atoms with van der Waals surface area (Å²) in [5, 5.41) is 2.43. The number of esters is 2. The van der Waals surface area contributed by atoms with Crippen LogP contribution in [0.25, 0.3) is 0 Å². The number of nitrogens with one attached hydrogen (secondary N) is 1. The second kappa shape index (κ2) is 16.6. The third kappa shape index (κ3) is 11.2. The number of hydrogen-bond acceptors (Lipinski definition) is 5. The fourth-order valence-corrected chi connectivity index (χ4v) is 3.58. The molecule has 0 bridgehead atoms. The maximum Gasteiger partial charge on any atom is 0.328 e. The summed E-state index contributed by atoms with van der Waals surface area (Å²) in [4.78, 5) is 34.8. The summed E-state index contributed by atoms with van der Waals surface area (Å²) in [5.74, 6) is -0.696. The highest BCUT2D eigenvalue weighted by molar-refractivity contribution is 5.79. The average molecular weight is 436 g/mol. The molecule has 3 unspecified atom stereocenters. The van der Waals surface area contributed by atoms with Crippen LogP contribution < -0.4 is 5.32 Å². The maximum atomic E-state index is 12.3. The Bertz CT molecular complexity index is 586. The van der Waals surface area contributed by atoms with Crippen molar-refractivity contribution in [2.24, 2.45) is 5.92 Å². The molecule has 0 saturated carbocycles. The number of carbonyl (C=O) groups excluding carboxylic acids is 3. The minimum absolute atomic E-state index is 0.0946. The second-order valence-corrected chi connectivity index (χ2v) is 8.28. The Labute approximate surface area is 187 Å². The Morgan fingerprint density at radius 3 is 2.48 bits per heavy atom. The van der Waals surface area contributed by atoms with Crippen LogP contribution in [0.15, 0.2) is 24.3 Å². The summed E-state index contributed by atoms with van der Waals surface area (Å²) < 4.78 is 11.0. The highest BCUT2D eigenvalue weighted by Gasteiger charge is 2.43. The van der Waals surface area contributed by atoms with Gasteiger partial charge >= 0.3 is 11.9 Å². The van der Waals surface area contributed by atoms with E-state index in [1.807, 2.05) is 0 Å². The zero-order chi connectivity index (χ0) is 22.9. The number of unbranched alkanes of at least 4 members (excludes halogenated alkanes) is 4. The zero-order valence-corrected chi connectivity index (χ0v) is 19.5. The predicted molar refractivity (Wildman–Crippen MR) is 122 cm³/mol. The molecule has 176 valence electrons. The number of cyclic esters (lactones) is 1. The Hall–Kier alpha value is -2.11. The molecule has 1 rings (SSSR count). The van der Waals surface area contributed by atoms with Crippen LogP contribution in [0.4, 0.5) is 0 Å². The molecule has 0 aliphatic carbocycles. The van der Waals surface area contributed by atoms with Gasteiger partial charge in [-0.05, 0) is 39.0 Å². The van der Waals surface area contributed by atoms with Gasteiger partial charge < -0.3 is 14.8 Å². The minimum atomic E-state index is -0.701. The summed E-state index contributed by atoms with van der Waals surface area (Å²) in [6.45, 7) is 5.91. The Balaban J connectivity index is 2.56. The van der Waals surface area contributed by atoms with Crippen LogP contribution >= 0.6 is 0 Å². The van der Waals surface area contributed by atoms with Crippen molar-refractivity contribution in [1.29, 1.82) is 0 Å². The largest absolute Gasteiger partial charge is 0.461 e. The number of ether oxygens (including phenoxy) is 2. The van der Waals surface area contributed by atoms with Gasteiger partial charge in [-0.15, -0.1) is 0 Å². The molecule has 31 heavy (non-hydrogen) atoms. The lowest BCUT2D eigenvalue weighted by Crippen LogP contribution is -2.47. The van der Waals surface area contributed by atoms with E-state index in [4.69, 9.17) is 9.47 Å². The molecular weight excluding hydrogens is 394 g/mol. The van der Waals surface area contributed by atoms with Gasteiger partial charge in [-0.1, -0.05) is 70.3 Å². The Morgan fingerprint density at radius 1 is 1.10 bits per heavy atom. The molecule has 4 atom stereocenters. The number of rotatable bonds is 18. The lowest BCUT2D eigenvalue weighted by Gasteiger charge is -2.37. The molecule has 1 amide bonds. The van der Waals surface area contributed by atoms with Crippen LogP contribution in [0, 0.1) is 5.92 Å². The first-order chi connectivity index (χ1) is 15.0. The van der Waals surface area contributed by atoms with Crippen LogP contribution in [0.1, 0.15) is 91.4 Å². The monoisotopic (exact) mass is 435 g/mol. The normalized spacial score (nSPS) is 20.3. The van der Waals surface area contributed by atoms with Crippen molar-refractivity contribution in [2.75, 3.05) is 0 Å². The molecule has 1 N–H and O–H groups in total. The van der Waals surface area contributed by atoms with E-state index >= 15 is 0 Å². The number of allylic oxidation sites excluding steroid dienone is 4. The highest BCUT2D eigenvalue weighted by atomic mass is 16.6. The van der Waals surface area contributed by atoms with Crippen molar-refractivity contribution in [2.45, 2.75) is 110 Å². The predicted octanol–water partition coefficient (Wildman–Crippen LogP) is 5.02. The molecular formula is C25H41NO5. The number of amides is 1. The molecule has 0 spiro atoms. The average Bonchev–Trinajstić information content (AvgIpc) is 2.74.